The molecule has 0 N–H and O–H groups in total. The third kappa shape index (κ3) is 6.98. The molecule has 0 radical (unpaired) electrons. The van der Waals surface area contributed by atoms with Crippen LogP contribution >= 0.6 is 0 Å². The zero-order chi connectivity index (χ0) is 54.2. The molecule has 0 aliphatic carbocycles. The molecule has 0 fully saturated rings. The number of hydrogen-bond donors (Lipinski definition) is 0. The Hall–Kier alpha value is -10.3. The molecule has 11 aromatic carbocycles. The van der Waals surface area contributed by atoms with Crippen LogP contribution in [0.2, 0.25) is 0 Å². The minimum Gasteiger partial charge on any atom is -0.309 e. The molecule has 4 heterocycles. The number of nitrogens with zero attached hydrogens (tertiary/aromatic N) is 5. The highest BCUT2D eigenvalue weighted by atomic mass is 19.4. The highest BCUT2D eigenvalue weighted by molar-refractivity contribution is 6.21. The van der Waals surface area contributed by atoms with E-state index in [0.29, 0.717) is 51.2 Å². The Morgan fingerprint density at radius 2 is 0.700 bits per heavy atom. The smallest absolute Gasteiger partial charge is 0.309 e. The number of fused-ring (bicyclic) bond motifs is 12. The van der Waals surface area contributed by atoms with E-state index in [1.807, 2.05) is 126 Å². The first kappa shape index (κ1) is 46.9. The summed E-state index contributed by atoms with van der Waals surface area (Å²) in [7, 11) is 0. The van der Waals surface area contributed by atoms with E-state index in [0.717, 1.165) is 93.6 Å². The lowest BCUT2D eigenvalue weighted by Crippen LogP contribution is -2.14. The maximum absolute atomic E-state index is 15.3. The van der Waals surface area contributed by atoms with Crippen LogP contribution in [0.1, 0.15) is 16.7 Å². The second kappa shape index (κ2) is 17.3. The van der Waals surface area contributed by atoms with Gasteiger partial charge in [-0.3, -0.25) is 0 Å². The summed E-state index contributed by atoms with van der Waals surface area (Å²) in [5.74, 6) is 0. The maximum Gasteiger partial charge on any atom is 0.417 e. The van der Waals surface area contributed by atoms with Crippen LogP contribution < -0.4 is 0 Å². The third-order valence-electron chi connectivity index (χ3n) is 15.8. The fourth-order valence-corrected chi connectivity index (χ4v) is 12.5. The topological polar surface area (TPSA) is 43.5 Å². The first-order valence-electron chi connectivity index (χ1n) is 26.0. The Labute approximate surface area is 451 Å². The summed E-state index contributed by atoms with van der Waals surface area (Å²) in [5, 5.41) is 18.4. The van der Waals surface area contributed by atoms with Gasteiger partial charge in [0.15, 0.2) is 0 Å². The molecule has 0 aliphatic rings. The van der Waals surface area contributed by atoms with Crippen molar-refractivity contribution in [3.63, 3.8) is 0 Å². The molecular weight excluding hydrogens is 1010 g/mol. The third-order valence-corrected chi connectivity index (χ3v) is 15.8. The van der Waals surface area contributed by atoms with Crippen LogP contribution in [0.4, 0.5) is 26.3 Å². The van der Waals surface area contributed by atoms with Gasteiger partial charge in [0.1, 0.15) is 0 Å². The molecule has 0 saturated heterocycles. The monoisotopic (exact) mass is 1050 g/mol. The van der Waals surface area contributed by atoms with Crippen molar-refractivity contribution in [3.8, 4) is 51.1 Å². The molecule has 382 valence electrons. The van der Waals surface area contributed by atoms with Gasteiger partial charge in [0.25, 0.3) is 0 Å². The highest BCUT2D eigenvalue weighted by Gasteiger charge is 2.41. The number of para-hydroxylation sites is 6. The van der Waals surface area contributed by atoms with Gasteiger partial charge < -0.3 is 18.3 Å². The van der Waals surface area contributed by atoms with Crippen molar-refractivity contribution in [2.45, 2.75) is 12.4 Å². The minimum absolute atomic E-state index is 0.291. The van der Waals surface area contributed by atoms with Gasteiger partial charge in [-0.1, -0.05) is 127 Å². The zero-order valence-electron chi connectivity index (χ0n) is 42.0. The minimum atomic E-state index is -5.15. The number of aromatic nitrogens is 4. The predicted octanol–water partition coefficient (Wildman–Crippen LogP) is 19.3. The van der Waals surface area contributed by atoms with Crippen molar-refractivity contribution >= 4 is 87.2 Å². The van der Waals surface area contributed by atoms with Gasteiger partial charge in [-0.2, -0.15) is 31.6 Å². The Bertz CT molecular complexity index is 5070. The van der Waals surface area contributed by atoms with Crippen molar-refractivity contribution in [1.82, 2.24) is 18.3 Å². The summed E-state index contributed by atoms with van der Waals surface area (Å²) in [6, 6.07) is 75.1. The predicted molar refractivity (Wildman–Crippen MR) is 309 cm³/mol. The fourth-order valence-electron chi connectivity index (χ4n) is 12.5. The summed E-state index contributed by atoms with van der Waals surface area (Å²) >= 11 is 0. The number of nitriles is 1. The Morgan fingerprint density at radius 3 is 1.14 bits per heavy atom. The van der Waals surface area contributed by atoms with E-state index in [1.165, 1.54) is 12.1 Å². The lowest BCUT2D eigenvalue weighted by atomic mass is 9.90. The number of halogens is 6. The largest absolute Gasteiger partial charge is 0.417 e. The van der Waals surface area contributed by atoms with Crippen LogP contribution in [0, 0.1) is 11.3 Å². The van der Waals surface area contributed by atoms with E-state index >= 15 is 26.3 Å². The van der Waals surface area contributed by atoms with Crippen LogP contribution in [0.15, 0.2) is 237 Å². The molecular formula is C69H39F6N5. The van der Waals surface area contributed by atoms with Crippen LogP contribution in [-0.2, 0) is 12.4 Å². The highest BCUT2D eigenvalue weighted by Crippen LogP contribution is 2.49. The summed E-state index contributed by atoms with van der Waals surface area (Å²) in [4.78, 5) is 0. The summed E-state index contributed by atoms with van der Waals surface area (Å²) < 4.78 is 100. The summed E-state index contributed by atoms with van der Waals surface area (Å²) in [6.45, 7) is 0. The first-order valence-corrected chi connectivity index (χ1v) is 26.0. The molecule has 15 rings (SSSR count). The summed E-state index contributed by atoms with van der Waals surface area (Å²) in [5.41, 5.74) is 6.71. The van der Waals surface area contributed by atoms with Gasteiger partial charge in [-0.05, 0) is 115 Å². The molecule has 11 heteroatoms. The lowest BCUT2D eigenvalue weighted by molar-refractivity contribution is -0.142. The second-order valence-electron chi connectivity index (χ2n) is 20.2. The van der Waals surface area contributed by atoms with E-state index < -0.39 is 29.0 Å². The molecule has 80 heavy (non-hydrogen) atoms. The standard InChI is InChI=1S/C69H39F6N5/c70-68(71,72)55-24-15-25-56(69(73,74)75)67(55)42-31-32-49(62(35-42)80-60-29-14-10-23-48(60)54-37-52-46-21-8-12-27-58(46)78(64(52)39-66(54)80)44-18-5-2-6-19-44)50-34-41(40-76)30-33-61(50)79-59-28-13-9-22-47(59)53-36-51-45-20-7-11-26-57(45)77(63(51)38-65(53)79)43-16-3-1-4-17-43/h1-39H. The van der Waals surface area contributed by atoms with Crippen molar-refractivity contribution < 1.29 is 26.3 Å². The Morgan fingerprint density at radius 1 is 0.300 bits per heavy atom. The van der Waals surface area contributed by atoms with Crippen LogP contribution in [-0.4, -0.2) is 18.3 Å². The molecule has 0 amide bonds. The second-order valence-corrected chi connectivity index (χ2v) is 20.2. The Kier molecular flexibility index (Phi) is 10.2. The van der Waals surface area contributed by atoms with E-state index in [-0.39, 0.29) is 5.56 Å². The van der Waals surface area contributed by atoms with Gasteiger partial charge in [-0.25, -0.2) is 0 Å². The van der Waals surface area contributed by atoms with Crippen molar-refractivity contribution in [2.24, 2.45) is 0 Å². The van der Waals surface area contributed by atoms with Crippen molar-refractivity contribution in [2.75, 3.05) is 0 Å². The van der Waals surface area contributed by atoms with E-state index in [2.05, 4.69) is 86.5 Å². The lowest BCUT2D eigenvalue weighted by Gasteiger charge is -2.22. The average Bonchev–Trinajstić information content (AvgIpc) is 4.01. The SMILES string of the molecule is N#Cc1ccc(-n2c3ccccc3c3cc4c5ccccc5n(-c5ccccc5)c4cc32)c(-c2ccc(-c3c(C(F)(F)F)cccc3C(F)(F)F)cc2-n2c3ccccc3c3cc4c5ccccc5n(-c5ccccc5)c4cc32)c1. The van der Waals surface area contributed by atoms with E-state index in [9.17, 15) is 5.26 Å². The van der Waals surface area contributed by atoms with Gasteiger partial charge in [-0.15, -0.1) is 0 Å². The van der Waals surface area contributed by atoms with Gasteiger partial charge in [0.05, 0.1) is 78.3 Å². The molecule has 0 spiro atoms. The average molecular weight is 1050 g/mol. The molecule has 5 nitrogen and oxygen atoms in total. The molecule has 0 atom stereocenters. The number of benzene rings is 11. The molecule has 15 aromatic rings. The maximum atomic E-state index is 15.3. The van der Waals surface area contributed by atoms with E-state index in [4.69, 9.17) is 0 Å². The van der Waals surface area contributed by atoms with Crippen LogP contribution in [0.25, 0.3) is 132 Å². The normalized spacial score (nSPS) is 12.4. The number of alkyl halides is 6. The van der Waals surface area contributed by atoms with Gasteiger partial charge in [0.2, 0.25) is 0 Å². The van der Waals surface area contributed by atoms with Crippen molar-refractivity contribution in [3.05, 3.63) is 253 Å². The number of hydrogen-bond acceptors (Lipinski definition) is 1. The first-order chi connectivity index (χ1) is 38.9. The van der Waals surface area contributed by atoms with Crippen LogP contribution in [0.5, 0.6) is 0 Å². The molecule has 0 saturated carbocycles. The molecule has 4 aromatic heterocycles. The van der Waals surface area contributed by atoms with Crippen molar-refractivity contribution in [1.29, 1.82) is 5.26 Å². The number of rotatable bonds is 6. The zero-order valence-corrected chi connectivity index (χ0v) is 42.0. The summed E-state index contributed by atoms with van der Waals surface area (Å²) in [6.07, 6.45) is -10.3. The van der Waals surface area contributed by atoms with E-state index in [1.54, 1.807) is 18.2 Å². The quantitative estimate of drug-likeness (QED) is 0.153. The van der Waals surface area contributed by atoms with Gasteiger partial charge >= 0.3 is 12.4 Å². The molecule has 0 aliphatic heterocycles. The molecule has 0 unspecified atom stereocenters. The van der Waals surface area contributed by atoms with Gasteiger partial charge in [0, 0.05) is 71.2 Å². The fraction of sp³-hybridized carbons (Fsp3) is 0.0290. The Balaban J connectivity index is 1.09. The van der Waals surface area contributed by atoms with Crippen LogP contribution in [0.3, 0.4) is 0 Å². The molecule has 0 bridgehead atoms.